The maximum atomic E-state index is 14.2. The Morgan fingerprint density at radius 2 is 1.77 bits per heavy atom. The van der Waals surface area contributed by atoms with E-state index in [0.29, 0.717) is 40.7 Å². The molecule has 8 heteroatoms. The third-order valence-corrected chi connectivity index (χ3v) is 6.32. The average molecular weight is 476 g/mol. The summed E-state index contributed by atoms with van der Waals surface area (Å²) in [6.45, 7) is 2.37. The first-order valence-corrected chi connectivity index (χ1v) is 11.3. The SMILES string of the molecule is CCOc1ccccc1N(C)C(=O)[C@@H]1c2cc(OC)c(OC)cc2C(=O)N(C)[C@@H]1c1cccnc1. The number of para-hydroxylation sites is 2. The second kappa shape index (κ2) is 10.0. The van der Waals surface area contributed by atoms with E-state index in [0.717, 1.165) is 5.56 Å². The molecule has 1 aliphatic heterocycles. The van der Waals surface area contributed by atoms with E-state index >= 15 is 0 Å². The summed E-state index contributed by atoms with van der Waals surface area (Å²) < 4.78 is 16.7. The van der Waals surface area contributed by atoms with Crippen LogP contribution in [0.5, 0.6) is 17.2 Å². The second-order valence-corrected chi connectivity index (χ2v) is 8.22. The third kappa shape index (κ3) is 4.27. The van der Waals surface area contributed by atoms with Crippen molar-refractivity contribution in [2.45, 2.75) is 18.9 Å². The van der Waals surface area contributed by atoms with Crippen molar-refractivity contribution in [2.24, 2.45) is 0 Å². The van der Waals surface area contributed by atoms with Crippen LogP contribution in [-0.2, 0) is 4.79 Å². The van der Waals surface area contributed by atoms with Crippen molar-refractivity contribution in [1.82, 2.24) is 9.88 Å². The molecular formula is C27H29N3O5. The van der Waals surface area contributed by atoms with Gasteiger partial charge in [-0.15, -0.1) is 0 Å². The van der Waals surface area contributed by atoms with Crippen molar-refractivity contribution in [1.29, 1.82) is 0 Å². The van der Waals surface area contributed by atoms with Gasteiger partial charge in [0.05, 0.1) is 38.5 Å². The van der Waals surface area contributed by atoms with Gasteiger partial charge in [0.15, 0.2) is 11.5 Å². The van der Waals surface area contributed by atoms with Crippen LogP contribution >= 0.6 is 0 Å². The molecule has 2 aromatic carbocycles. The average Bonchev–Trinajstić information content (AvgIpc) is 2.90. The topological polar surface area (TPSA) is 81.2 Å². The highest BCUT2D eigenvalue weighted by molar-refractivity contribution is 6.06. The molecule has 0 fully saturated rings. The van der Waals surface area contributed by atoms with Gasteiger partial charge in [0, 0.05) is 32.1 Å². The van der Waals surface area contributed by atoms with Crippen molar-refractivity contribution in [3.8, 4) is 17.2 Å². The number of hydrogen-bond acceptors (Lipinski definition) is 6. The second-order valence-electron chi connectivity index (χ2n) is 8.22. The Bertz CT molecular complexity index is 1230. The molecule has 3 aromatic rings. The zero-order chi connectivity index (χ0) is 25.1. The molecule has 182 valence electrons. The fourth-order valence-electron chi connectivity index (χ4n) is 4.62. The number of amides is 2. The Hall–Kier alpha value is -4.07. The number of rotatable bonds is 7. The summed E-state index contributed by atoms with van der Waals surface area (Å²) in [7, 11) is 6.47. The summed E-state index contributed by atoms with van der Waals surface area (Å²) in [4.78, 5) is 35.2. The van der Waals surface area contributed by atoms with Gasteiger partial charge >= 0.3 is 0 Å². The van der Waals surface area contributed by atoms with E-state index < -0.39 is 12.0 Å². The number of pyridine rings is 1. The number of ether oxygens (including phenoxy) is 3. The smallest absolute Gasteiger partial charge is 0.254 e. The van der Waals surface area contributed by atoms with E-state index in [1.807, 2.05) is 37.3 Å². The molecule has 2 atom stereocenters. The number of benzene rings is 2. The van der Waals surface area contributed by atoms with Crippen LogP contribution in [0.15, 0.2) is 60.9 Å². The molecule has 0 spiro atoms. The minimum atomic E-state index is -0.726. The summed E-state index contributed by atoms with van der Waals surface area (Å²) in [5.41, 5.74) is 2.37. The predicted molar refractivity (Wildman–Crippen MR) is 132 cm³/mol. The molecular weight excluding hydrogens is 446 g/mol. The molecule has 0 saturated carbocycles. The van der Waals surface area contributed by atoms with Crippen LogP contribution in [0.3, 0.4) is 0 Å². The summed E-state index contributed by atoms with van der Waals surface area (Å²) in [5.74, 6) is 0.348. The largest absolute Gasteiger partial charge is 0.493 e. The fraction of sp³-hybridized carbons (Fsp3) is 0.296. The monoisotopic (exact) mass is 475 g/mol. The van der Waals surface area contributed by atoms with Crippen molar-refractivity contribution in [3.63, 3.8) is 0 Å². The normalized spacial score (nSPS) is 16.9. The highest BCUT2D eigenvalue weighted by Crippen LogP contribution is 2.46. The maximum Gasteiger partial charge on any atom is 0.254 e. The number of likely N-dealkylation sites (N-methyl/N-ethyl adjacent to an activating group) is 2. The molecule has 35 heavy (non-hydrogen) atoms. The minimum absolute atomic E-state index is 0.196. The van der Waals surface area contributed by atoms with E-state index in [1.54, 1.807) is 54.5 Å². The number of carbonyl (C=O) groups excluding carboxylic acids is 2. The summed E-state index contributed by atoms with van der Waals surface area (Å²) in [5, 5.41) is 0. The number of hydrogen-bond donors (Lipinski definition) is 0. The number of carbonyl (C=O) groups is 2. The zero-order valence-corrected chi connectivity index (χ0v) is 20.5. The lowest BCUT2D eigenvalue weighted by molar-refractivity contribution is -0.121. The molecule has 2 heterocycles. The molecule has 0 saturated heterocycles. The fourth-order valence-corrected chi connectivity index (χ4v) is 4.62. The van der Waals surface area contributed by atoms with Crippen LogP contribution in [0.4, 0.5) is 5.69 Å². The van der Waals surface area contributed by atoms with Crippen LogP contribution in [0, 0.1) is 0 Å². The standard InChI is InChI=1S/C27H29N3O5/c1-6-35-21-12-8-7-11-20(21)29(2)27(32)24-18-14-22(33-4)23(34-5)15-19(18)26(31)30(3)25(24)17-10-9-13-28-16-17/h7-16,24-25H,6H2,1-5H3/t24-,25-/m1/s1. The predicted octanol–water partition coefficient (Wildman–Crippen LogP) is 4.07. The lowest BCUT2D eigenvalue weighted by atomic mass is 9.79. The molecule has 1 aliphatic rings. The van der Waals surface area contributed by atoms with Crippen LogP contribution in [0.25, 0.3) is 0 Å². The van der Waals surface area contributed by atoms with Crippen LogP contribution in [0.2, 0.25) is 0 Å². The van der Waals surface area contributed by atoms with Crippen molar-refractivity contribution in [3.05, 3.63) is 77.6 Å². The van der Waals surface area contributed by atoms with E-state index in [4.69, 9.17) is 14.2 Å². The first-order chi connectivity index (χ1) is 16.9. The first-order valence-electron chi connectivity index (χ1n) is 11.3. The van der Waals surface area contributed by atoms with Crippen molar-refractivity contribution >= 4 is 17.5 Å². The number of methoxy groups -OCH3 is 2. The molecule has 0 bridgehead atoms. The third-order valence-electron chi connectivity index (χ3n) is 6.32. The number of nitrogens with zero attached hydrogens (tertiary/aromatic N) is 3. The Morgan fingerprint density at radius 1 is 1.06 bits per heavy atom. The molecule has 1 aromatic heterocycles. The summed E-state index contributed by atoms with van der Waals surface area (Å²) in [6, 6.07) is 13.9. The molecule has 0 unspecified atom stereocenters. The van der Waals surface area contributed by atoms with Gasteiger partial charge in [0.25, 0.3) is 5.91 Å². The van der Waals surface area contributed by atoms with Crippen molar-refractivity contribution < 1.29 is 23.8 Å². The maximum absolute atomic E-state index is 14.2. The number of aromatic nitrogens is 1. The Kier molecular flexibility index (Phi) is 6.91. The van der Waals surface area contributed by atoms with Crippen LogP contribution in [-0.4, -0.2) is 56.6 Å². The van der Waals surface area contributed by atoms with E-state index in [1.165, 1.54) is 14.2 Å². The van der Waals surface area contributed by atoms with Gasteiger partial charge in [-0.1, -0.05) is 18.2 Å². The van der Waals surface area contributed by atoms with Gasteiger partial charge < -0.3 is 24.0 Å². The molecule has 0 N–H and O–H groups in total. The summed E-state index contributed by atoms with van der Waals surface area (Å²) in [6.07, 6.45) is 3.35. The first kappa shape index (κ1) is 24.1. The number of anilines is 1. The molecule has 0 radical (unpaired) electrons. The molecule has 4 rings (SSSR count). The lowest BCUT2D eigenvalue weighted by Crippen LogP contribution is -2.46. The van der Waals surface area contributed by atoms with Crippen LogP contribution < -0.4 is 19.1 Å². The van der Waals surface area contributed by atoms with Gasteiger partial charge in [-0.05, 0) is 48.4 Å². The quantitative estimate of drug-likeness (QED) is 0.512. The van der Waals surface area contributed by atoms with Gasteiger partial charge in [-0.25, -0.2) is 0 Å². The lowest BCUT2D eigenvalue weighted by Gasteiger charge is -2.41. The molecule has 2 amide bonds. The van der Waals surface area contributed by atoms with E-state index in [-0.39, 0.29) is 11.8 Å². The van der Waals surface area contributed by atoms with Crippen molar-refractivity contribution in [2.75, 3.05) is 39.8 Å². The number of fused-ring (bicyclic) bond motifs is 1. The molecule has 8 nitrogen and oxygen atoms in total. The van der Waals surface area contributed by atoms with E-state index in [9.17, 15) is 9.59 Å². The van der Waals surface area contributed by atoms with Gasteiger partial charge in [-0.3, -0.25) is 14.6 Å². The highest BCUT2D eigenvalue weighted by atomic mass is 16.5. The minimum Gasteiger partial charge on any atom is -0.493 e. The highest BCUT2D eigenvalue weighted by Gasteiger charge is 2.45. The Balaban J connectivity index is 1.91. The molecule has 0 aliphatic carbocycles. The van der Waals surface area contributed by atoms with Gasteiger partial charge in [0.2, 0.25) is 5.91 Å². The Morgan fingerprint density at radius 3 is 2.43 bits per heavy atom. The zero-order valence-electron chi connectivity index (χ0n) is 20.5. The van der Waals surface area contributed by atoms with Gasteiger partial charge in [0.1, 0.15) is 5.75 Å². The Labute approximate surface area is 205 Å². The van der Waals surface area contributed by atoms with E-state index in [2.05, 4.69) is 4.98 Å². The summed E-state index contributed by atoms with van der Waals surface area (Å²) >= 11 is 0. The van der Waals surface area contributed by atoms with Gasteiger partial charge in [-0.2, -0.15) is 0 Å². The van der Waals surface area contributed by atoms with Crippen LogP contribution in [0.1, 0.15) is 40.4 Å².